The molecule has 1 atom stereocenters. The van der Waals surface area contributed by atoms with Crippen molar-refractivity contribution in [2.75, 3.05) is 31.1 Å². The molecule has 4 heteroatoms. The number of amides is 1. The van der Waals surface area contributed by atoms with Gasteiger partial charge in [-0.25, -0.2) is 0 Å². The van der Waals surface area contributed by atoms with E-state index < -0.39 is 6.10 Å². The first-order valence-electron chi connectivity index (χ1n) is 7.38. The summed E-state index contributed by atoms with van der Waals surface area (Å²) >= 11 is 0. The van der Waals surface area contributed by atoms with Gasteiger partial charge in [-0.3, -0.25) is 4.79 Å². The highest BCUT2D eigenvalue weighted by atomic mass is 16.3. The average Bonchev–Trinajstić information content (AvgIpc) is 2.87. The van der Waals surface area contributed by atoms with E-state index in [0.717, 1.165) is 42.9 Å². The maximum atomic E-state index is 11.5. The largest absolute Gasteiger partial charge is 0.387 e. The molecule has 1 unspecified atom stereocenters. The second kappa shape index (κ2) is 6.37. The van der Waals surface area contributed by atoms with Crippen molar-refractivity contribution in [1.82, 2.24) is 4.90 Å². The van der Waals surface area contributed by atoms with Crippen molar-refractivity contribution in [2.24, 2.45) is 0 Å². The van der Waals surface area contributed by atoms with E-state index in [9.17, 15) is 9.90 Å². The highest BCUT2D eigenvalue weighted by Gasteiger charge is 2.23. The third-order valence-corrected chi connectivity index (χ3v) is 4.09. The first kappa shape index (κ1) is 15.0. The van der Waals surface area contributed by atoms with Crippen LogP contribution in [0.5, 0.6) is 0 Å². The van der Waals surface area contributed by atoms with Crippen LogP contribution >= 0.6 is 0 Å². The van der Waals surface area contributed by atoms with E-state index in [1.165, 1.54) is 0 Å². The molecule has 2 rings (SSSR count). The molecular formula is C16H24N2O2. The van der Waals surface area contributed by atoms with Crippen LogP contribution in [0.4, 0.5) is 5.69 Å². The van der Waals surface area contributed by atoms with Crippen LogP contribution in [0.2, 0.25) is 0 Å². The highest BCUT2D eigenvalue weighted by molar-refractivity contribution is 5.93. The Morgan fingerprint density at radius 1 is 1.40 bits per heavy atom. The van der Waals surface area contributed by atoms with Gasteiger partial charge in [0.05, 0.1) is 6.10 Å². The zero-order valence-corrected chi connectivity index (χ0v) is 12.6. The molecule has 1 heterocycles. The molecule has 0 saturated heterocycles. The lowest BCUT2D eigenvalue weighted by atomic mass is 10.0. The molecule has 4 nitrogen and oxygen atoms in total. The number of benzene rings is 1. The molecule has 0 aliphatic carbocycles. The van der Waals surface area contributed by atoms with Gasteiger partial charge in [-0.2, -0.15) is 0 Å². The summed E-state index contributed by atoms with van der Waals surface area (Å²) in [5, 5.41) is 10.3. The normalized spacial score (nSPS) is 15.6. The number of anilines is 1. The summed E-state index contributed by atoms with van der Waals surface area (Å²) in [6.07, 6.45) is 0.410. The van der Waals surface area contributed by atoms with Gasteiger partial charge in [0.25, 0.3) is 0 Å². The number of carbonyl (C=O) groups excluding carboxylic acids is 1. The average molecular weight is 276 g/mol. The van der Waals surface area contributed by atoms with Gasteiger partial charge in [-0.05, 0) is 36.7 Å². The number of hydrogen-bond donors (Lipinski definition) is 1. The molecule has 0 spiro atoms. The highest BCUT2D eigenvalue weighted by Crippen LogP contribution is 2.30. The van der Waals surface area contributed by atoms with Gasteiger partial charge in [0.2, 0.25) is 5.91 Å². The fraction of sp³-hybridized carbons (Fsp3) is 0.562. The van der Waals surface area contributed by atoms with Crippen LogP contribution in [0, 0.1) is 0 Å². The number of carbonyl (C=O) groups is 1. The van der Waals surface area contributed by atoms with E-state index >= 15 is 0 Å². The zero-order valence-electron chi connectivity index (χ0n) is 12.6. The van der Waals surface area contributed by atoms with E-state index in [-0.39, 0.29) is 5.91 Å². The number of fused-ring (bicyclic) bond motifs is 1. The Morgan fingerprint density at radius 3 is 2.70 bits per heavy atom. The van der Waals surface area contributed by atoms with Crippen molar-refractivity contribution in [3.63, 3.8) is 0 Å². The molecule has 20 heavy (non-hydrogen) atoms. The first-order chi connectivity index (χ1) is 9.56. The maximum absolute atomic E-state index is 11.5. The quantitative estimate of drug-likeness (QED) is 0.894. The Balaban J connectivity index is 2.14. The maximum Gasteiger partial charge on any atom is 0.223 e. The summed E-state index contributed by atoms with van der Waals surface area (Å²) in [6.45, 7) is 9.08. The molecule has 1 aliphatic rings. The molecule has 0 saturated carbocycles. The Kier molecular flexibility index (Phi) is 4.78. The second-order valence-corrected chi connectivity index (χ2v) is 5.31. The predicted octanol–water partition coefficient (Wildman–Crippen LogP) is 1.97. The van der Waals surface area contributed by atoms with Crippen LogP contribution in [-0.2, 0) is 11.2 Å². The van der Waals surface area contributed by atoms with Crippen molar-refractivity contribution < 1.29 is 9.90 Å². The summed E-state index contributed by atoms with van der Waals surface area (Å²) in [7, 11) is 0. The van der Waals surface area contributed by atoms with Crippen molar-refractivity contribution in [2.45, 2.75) is 33.3 Å². The van der Waals surface area contributed by atoms with Crippen LogP contribution in [0.3, 0.4) is 0 Å². The standard InChI is InChI=1S/C16H24N2O2/c1-4-17(5-2)11-16(20)14-6-7-15-13(10-14)8-9-18(15)12(3)19/h6-7,10,16,20H,4-5,8-9,11H2,1-3H3. The minimum absolute atomic E-state index is 0.0835. The molecule has 0 aromatic heterocycles. The zero-order chi connectivity index (χ0) is 14.7. The van der Waals surface area contributed by atoms with Crippen LogP contribution in [-0.4, -0.2) is 42.1 Å². The van der Waals surface area contributed by atoms with E-state index in [0.29, 0.717) is 6.54 Å². The summed E-state index contributed by atoms with van der Waals surface area (Å²) in [5.74, 6) is 0.0835. The van der Waals surface area contributed by atoms with E-state index in [4.69, 9.17) is 0 Å². The Bertz CT molecular complexity index is 483. The number of likely N-dealkylation sites (N-methyl/N-ethyl adjacent to an activating group) is 1. The Hall–Kier alpha value is -1.39. The monoisotopic (exact) mass is 276 g/mol. The third kappa shape index (κ3) is 3.02. The summed E-state index contributed by atoms with van der Waals surface area (Å²) in [5.41, 5.74) is 3.11. The van der Waals surface area contributed by atoms with E-state index in [1.54, 1.807) is 11.8 Å². The van der Waals surface area contributed by atoms with Crippen molar-refractivity contribution >= 4 is 11.6 Å². The van der Waals surface area contributed by atoms with Crippen LogP contribution in [0.1, 0.15) is 38.0 Å². The van der Waals surface area contributed by atoms with E-state index in [1.807, 2.05) is 18.2 Å². The smallest absolute Gasteiger partial charge is 0.223 e. The number of hydrogen-bond acceptors (Lipinski definition) is 3. The summed E-state index contributed by atoms with van der Waals surface area (Å²) < 4.78 is 0. The lowest BCUT2D eigenvalue weighted by molar-refractivity contribution is -0.116. The molecular weight excluding hydrogens is 252 g/mol. The molecule has 0 bridgehead atoms. The lowest BCUT2D eigenvalue weighted by Gasteiger charge is -2.22. The minimum Gasteiger partial charge on any atom is -0.387 e. The predicted molar refractivity (Wildman–Crippen MR) is 80.9 cm³/mol. The van der Waals surface area contributed by atoms with Gasteiger partial charge in [-0.15, -0.1) is 0 Å². The number of aliphatic hydroxyl groups excluding tert-OH is 1. The fourth-order valence-corrected chi connectivity index (χ4v) is 2.79. The minimum atomic E-state index is -0.466. The van der Waals surface area contributed by atoms with Gasteiger partial charge < -0.3 is 14.9 Å². The number of aliphatic hydroxyl groups is 1. The van der Waals surface area contributed by atoms with Crippen molar-refractivity contribution in [3.8, 4) is 0 Å². The first-order valence-corrected chi connectivity index (χ1v) is 7.38. The number of rotatable bonds is 5. The van der Waals surface area contributed by atoms with Crippen LogP contribution < -0.4 is 4.90 Å². The van der Waals surface area contributed by atoms with Gasteiger partial charge in [0, 0.05) is 25.7 Å². The molecule has 1 aromatic carbocycles. The molecule has 1 amide bonds. The lowest BCUT2D eigenvalue weighted by Crippen LogP contribution is -2.28. The SMILES string of the molecule is CCN(CC)CC(O)c1ccc2c(c1)CCN2C(C)=O. The molecule has 0 radical (unpaired) electrons. The number of nitrogens with zero attached hydrogens (tertiary/aromatic N) is 2. The van der Waals surface area contributed by atoms with Gasteiger partial charge in [0.1, 0.15) is 0 Å². The summed E-state index contributed by atoms with van der Waals surface area (Å²) in [4.78, 5) is 15.5. The van der Waals surface area contributed by atoms with Gasteiger partial charge >= 0.3 is 0 Å². The molecule has 1 aliphatic heterocycles. The van der Waals surface area contributed by atoms with E-state index in [2.05, 4.69) is 18.7 Å². The topological polar surface area (TPSA) is 43.8 Å². The van der Waals surface area contributed by atoms with Crippen molar-refractivity contribution in [3.05, 3.63) is 29.3 Å². The molecule has 110 valence electrons. The Labute approximate surface area is 121 Å². The second-order valence-electron chi connectivity index (χ2n) is 5.31. The molecule has 1 aromatic rings. The van der Waals surface area contributed by atoms with Gasteiger partial charge in [0.15, 0.2) is 0 Å². The summed E-state index contributed by atoms with van der Waals surface area (Å²) in [6, 6.07) is 5.95. The fourth-order valence-electron chi connectivity index (χ4n) is 2.79. The molecule has 1 N–H and O–H groups in total. The third-order valence-electron chi connectivity index (χ3n) is 4.09. The van der Waals surface area contributed by atoms with Gasteiger partial charge in [-0.1, -0.05) is 26.0 Å². The van der Waals surface area contributed by atoms with Crippen LogP contribution in [0.15, 0.2) is 18.2 Å². The van der Waals surface area contributed by atoms with Crippen molar-refractivity contribution in [1.29, 1.82) is 0 Å². The molecule has 0 fully saturated rings. The Morgan fingerprint density at radius 2 is 2.10 bits per heavy atom. The van der Waals surface area contributed by atoms with Crippen LogP contribution in [0.25, 0.3) is 0 Å².